The van der Waals surface area contributed by atoms with Crippen molar-refractivity contribution in [3.63, 3.8) is 0 Å². The monoisotopic (exact) mass is 179 g/mol. The first kappa shape index (κ1) is 8.70. The Morgan fingerprint density at radius 3 is 3.08 bits per heavy atom. The van der Waals surface area contributed by atoms with Crippen molar-refractivity contribution in [1.82, 2.24) is 5.32 Å². The molecule has 1 nitrogen and oxygen atoms in total. The molecule has 0 heterocycles. The first-order valence-electron chi connectivity index (χ1n) is 4.71. The molecule has 1 aromatic rings. The summed E-state index contributed by atoms with van der Waals surface area (Å²) in [5.74, 6) is 1.18. The van der Waals surface area contributed by atoms with E-state index in [9.17, 15) is 4.39 Å². The van der Waals surface area contributed by atoms with Crippen molar-refractivity contribution in [3.05, 3.63) is 35.6 Å². The van der Waals surface area contributed by atoms with Crippen molar-refractivity contribution in [3.8, 4) is 0 Å². The maximum absolute atomic E-state index is 12.9. The topological polar surface area (TPSA) is 12.0 Å². The molecule has 0 aromatic heterocycles. The van der Waals surface area contributed by atoms with Crippen molar-refractivity contribution < 1.29 is 4.39 Å². The molecule has 0 unspecified atom stereocenters. The van der Waals surface area contributed by atoms with Gasteiger partial charge >= 0.3 is 0 Å². The summed E-state index contributed by atoms with van der Waals surface area (Å²) in [6, 6.07) is 6.96. The van der Waals surface area contributed by atoms with Gasteiger partial charge in [-0.2, -0.15) is 0 Å². The molecule has 1 saturated carbocycles. The van der Waals surface area contributed by atoms with Crippen LogP contribution in [-0.2, 0) is 0 Å². The van der Waals surface area contributed by atoms with Crippen LogP contribution in [0.5, 0.6) is 0 Å². The molecular weight excluding hydrogens is 165 g/mol. The highest BCUT2D eigenvalue weighted by Crippen LogP contribution is 2.46. The predicted molar refractivity (Wildman–Crippen MR) is 51.2 cm³/mol. The standard InChI is InChI=1S/C11H14FN/c1-13-7-9-6-11(9)8-3-2-4-10(12)5-8/h2-5,9,11,13H,6-7H2,1H3/t9-,11+/m0/s1. The van der Waals surface area contributed by atoms with Gasteiger partial charge in [0.25, 0.3) is 0 Å². The third kappa shape index (κ3) is 1.89. The maximum Gasteiger partial charge on any atom is 0.123 e. The molecule has 0 spiro atoms. The summed E-state index contributed by atoms with van der Waals surface area (Å²) in [5.41, 5.74) is 1.15. The third-order valence-electron chi connectivity index (χ3n) is 2.67. The zero-order valence-corrected chi connectivity index (χ0v) is 7.76. The molecule has 1 aliphatic rings. The Balaban J connectivity index is 2.03. The lowest BCUT2D eigenvalue weighted by molar-refractivity contribution is 0.624. The number of rotatable bonds is 3. The normalized spacial score (nSPS) is 26.0. The molecular formula is C11H14FN. The number of hydrogen-bond acceptors (Lipinski definition) is 1. The lowest BCUT2D eigenvalue weighted by Crippen LogP contribution is -2.10. The first-order valence-corrected chi connectivity index (χ1v) is 4.71. The van der Waals surface area contributed by atoms with Gasteiger partial charge in [0, 0.05) is 0 Å². The zero-order chi connectivity index (χ0) is 9.26. The summed E-state index contributed by atoms with van der Waals surface area (Å²) in [6.07, 6.45) is 1.20. The van der Waals surface area contributed by atoms with Gasteiger partial charge in [0.1, 0.15) is 5.82 Å². The molecule has 0 aliphatic heterocycles. The van der Waals surface area contributed by atoms with Gasteiger partial charge in [0.2, 0.25) is 0 Å². The van der Waals surface area contributed by atoms with Crippen molar-refractivity contribution in [1.29, 1.82) is 0 Å². The van der Waals surface area contributed by atoms with E-state index in [4.69, 9.17) is 0 Å². The maximum atomic E-state index is 12.9. The van der Waals surface area contributed by atoms with E-state index in [1.807, 2.05) is 13.1 Å². The van der Waals surface area contributed by atoms with Crippen LogP contribution in [0.3, 0.4) is 0 Å². The van der Waals surface area contributed by atoms with Crippen LogP contribution in [0.25, 0.3) is 0 Å². The third-order valence-corrected chi connectivity index (χ3v) is 2.67. The molecule has 0 bridgehead atoms. The van der Waals surface area contributed by atoms with Crippen LogP contribution >= 0.6 is 0 Å². The molecule has 0 amide bonds. The fourth-order valence-electron chi connectivity index (χ4n) is 1.88. The molecule has 0 saturated heterocycles. The summed E-state index contributed by atoms with van der Waals surface area (Å²) in [5, 5.41) is 3.15. The lowest BCUT2D eigenvalue weighted by atomic mass is 10.1. The quantitative estimate of drug-likeness (QED) is 0.749. The van der Waals surface area contributed by atoms with Crippen LogP contribution in [0.2, 0.25) is 0 Å². The van der Waals surface area contributed by atoms with Crippen molar-refractivity contribution in [2.24, 2.45) is 5.92 Å². The highest BCUT2D eigenvalue weighted by atomic mass is 19.1. The number of benzene rings is 1. The van der Waals surface area contributed by atoms with E-state index in [-0.39, 0.29) is 5.82 Å². The summed E-state index contributed by atoms with van der Waals surface area (Å²) in [7, 11) is 1.96. The summed E-state index contributed by atoms with van der Waals surface area (Å²) >= 11 is 0. The predicted octanol–water partition coefficient (Wildman–Crippen LogP) is 2.15. The van der Waals surface area contributed by atoms with E-state index in [1.54, 1.807) is 12.1 Å². The Kier molecular flexibility index (Phi) is 2.32. The van der Waals surface area contributed by atoms with Crippen molar-refractivity contribution in [2.75, 3.05) is 13.6 Å². The second-order valence-corrected chi connectivity index (χ2v) is 3.71. The molecule has 70 valence electrons. The molecule has 2 rings (SSSR count). The average molecular weight is 179 g/mol. The second kappa shape index (κ2) is 3.46. The Hall–Kier alpha value is -0.890. The number of nitrogens with one attached hydrogen (secondary N) is 1. The van der Waals surface area contributed by atoms with E-state index in [2.05, 4.69) is 5.32 Å². The lowest BCUT2D eigenvalue weighted by Gasteiger charge is -1.99. The minimum atomic E-state index is -0.118. The Morgan fingerprint density at radius 1 is 1.54 bits per heavy atom. The van der Waals surface area contributed by atoms with Crippen LogP contribution < -0.4 is 5.32 Å². The summed E-state index contributed by atoms with van der Waals surface area (Å²) in [4.78, 5) is 0. The molecule has 2 heteroatoms. The minimum Gasteiger partial charge on any atom is -0.319 e. The van der Waals surface area contributed by atoms with Crippen LogP contribution in [-0.4, -0.2) is 13.6 Å². The molecule has 1 N–H and O–H groups in total. The first-order chi connectivity index (χ1) is 6.31. The Morgan fingerprint density at radius 2 is 2.38 bits per heavy atom. The molecule has 1 aliphatic carbocycles. The molecule has 13 heavy (non-hydrogen) atoms. The van der Waals surface area contributed by atoms with E-state index in [0.29, 0.717) is 11.8 Å². The zero-order valence-electron chi connectivity index (χ0n) is 7.76. The summed E-state index contributed by atoms with van der Waals surface area (Å²) < 4.78 is 12.9. The average Bonchev–Trinajstić information content (AvgIpc) is 2.85. The van der Waals surface area contributed by atoms with Crippen LogP contribution in [0.15, 0.2) is 24.3 Å². The number of halogens is 1. The molecule has 2 atom stereocenters. The Labute approximate surface area is 78.0 Å². The van der Waals surface area contributed by atoms with Gasteiger partial charge in [-0.05, 0) is 49.5 Å². The fourth-order valence-corrected chi connectivity index (χ4v) is 1.88. The summed E-state index contributed by atoms with van der Waals surface area (Å²) in [6.45, 7) is 1.04. The molecule has 0 radical (unpaired) electrons. The largest absolute Gasteiger partial charge is 0.319 e. The van der Waals surface area contributed by atoms with Crippen LogP contribution in [0, 0.1) is 11.7 Å². The van der Waals surface area contributed by atoms with Gasteiger partial charge in [0.05, 0.1) is 0 Å². The van der Waals surface area contributed by atoms with E-state index in [0.717, 1.165) is 12.1 Å². The van der Waals surface area contributed by atoms with Crippen molar-refractivity contribution >= 4 is 0 Å². The minimum absolute atomic E-state index is 0.118. The van der Waals surface area contributed by atoms with Crippen LogP contribution in [0.4, 0.5) is 4.39 Å². The Bertz CT molecular complexity index is 298. The van der Waals surface area contributed by atoms with Gasteiger partial charge in [0.15, 0.2) is 0 Å². The van der Waals surface area contributed by atoms with E-state index in [1.165, 1.54) is 12.5 Å². The SMILES string of the molecule is CNC[C@@H]1C[C@@H]1c1cccc(F)c1. The van der Waals surface area contributed by atoms with Gasteiger partial charge in [-0.1, -0.05) is 12.1 Å². The fraction of sp³-hybridized carbons (Fsp3) is 0.455. The molecule has 1 fully saturated rings. The molecule has 1 aromatic carbocycles. The smallest absolute Gasteiger partial charge is 0.123 e. The highest BCUT2D eigenvalue weighted by Gasteiger charge is 2.37. The number of hydrogen-bond donors (Lipinski definition) is 1. The van der Waals surface area contributed by atoms with Gasteiger partial charge in [-0.15, -0.1) is 0 Å². The van der Waals surface area contributed by atoms with E-state index >= 15 is 0 Å². The van der Waals surface area contributed by atoms with Gasteiger partial charge in [-0.25, -0.2) is 4.39 Å². The van der Waals surface area contributed by atoms with Crippen molar-refractivity contribution in [2.45, 2.75) is 12.3 Å². The van der Waals surface area contributed by atoms with E-state index < -0.39 is 0 Å². The highest BCUT2D eigenvalue weighted by molar-refractivity contribution is 5.26. The second-order valence-electron chi connectivity index (χ2n) is 3.71. The van der Waals surface area contributed by atoms with Gasteiger partial charge < -0.3 is 5.32 Å². The van der Waals surface area contributed by atoms with Crippen LogP contribution in [0.1, 0.15) is 17.9 Å². The van der Waals surface area contributed by atoms with Gasteiger partial charge in [-0.3, -0.25) is 0 Å².